The standard InChI is InChI=1S/C20H29ClN6O4S/c1-20(2,3)31-19(30)27(14-8-6-7-12(9-14)17(29)26(4)5)25-16(32)15(28)24-18-22-10-13(21)11-23-18/h10-12,14H,6-9H2,1-5H3,(H,25,32)(H,22,23,24,28)/t12-,14?/m0/s1. The molecule has 1 unspecified atom stereocenters. The van der Waals surface area contributed by atoms with Gasteiger partial charge in [-0.1, -0.05) is 30.2 Å². The Balaban J connectivity index is 2.16. The summed E-state index contributed by atoms with van der Waals surface area (Å²) in [6.45, 7) is 5.22. The molecule has 0 saturated heterocycles. The summed E-state index contributed by atoms with van der Waals surface area (Å²) in [7, 11) is 3.41. The van der Waals surface area contributed by atoms with Gasteiger partial charge in [-0.05, 0) is 40.0 Å². The van der Waals surface area contributed by atoms with E-state index >= 15 is 0 Å². The number of hydrazine groups is 1. The summed E-state index contributed by atoms with van der Waals surface area (Å²) in [5.74, 6) is -0.923. The number of rotatable bonds is 3. The van der Waals surface area contributed by atoms with Crippen molar-refractivity contribution in [3.05, 3.63) is 17.4 Å². The maximum absolute atomic E-state index is 12.9. The van der Waals surface area contributed by atoms with Crippen molar-refractivity contribution in [1.29, 1.82) is 0 Å². The van der Waals surface area contributed by atoms with Gasteiger partial charge in [-0.3, -0.25) is 20.3 Å². The summed E-state index contributed by atoms with van der Waals surface area (Å²) in [5.41, 5.74) is 1.94. The van der Waals surface area contributed by atoms with Crippen LogP contribution in [0.25, 0.3) is 0 Å². The Morgan fingerprint density at radius 2 is 1.81 bits per heavy atom. The summed E-state index contributed by atoms with van der Waals surface area (Å²) >= 11 is 10.9. The van der Waals surface area contributed by atoms with E-state index in [4.69, 9.17) is 28.6 Å². The van der Waals surface area contributed by atoms with Crippen LogP contribution in [-0.2, 0) is 14.3 Å². The molecule has 12 heteroatoms. The van der Waals surface area contributed by atoms with Crippen LogP contribution in [0.3, 0.4) is 0 Å². The van der Waals surface area contributed by atoms with Crippen LogP contribution in [0, 0.1) is 5.92 Å². The second kappa shape index (κ2) is 10.9. The molecule has 0 spiro atoms. The zero-order chi connectivity index (χ0) is 24.1. The van der Waals surface area contributed by atoms with Gasteiger partial charge in [0.15, 0.2) is 4.99 Å². The normalized spacial score (nSPS) is 18.3. The summed E-state index contributed by atoms with van der Waals surface area (Å²) in [4.78, 5) is 47.0. The lowest BCUT2D eigenvalue weighted by Crippen LogP contribution is -2.56. The molecular formula is C20H29ClN6O4S. The number of anilines is 1. The Labute approximate surface area is 198 Å². The fourth-order valence-electron chi connectivity index (χ4n) is 3.28. The van der Waals surface area contributed by atoms with Crippen molar-refractivity contribution in [3.8, 4) is 0 Å². The van der Waals surface area contributed by atoms with E-state index < -0.39 is 17.6 Å². The summed E-state index contributed by atoms with van der Waals surface area (Å²) in [5, 5.41) is 3.97. The number of aromatic nitrogens is 2. The Hall–Kier alpha value is -2.53. The third kappa shape index (κ3) is 7.56. The fraction of sp³-hybridized carbons (Fsp3) is 0.600. The van der Waals surface area contributed by atoms with E-state index in [1.807, 2.05) is 0 Å². The largest absolute Gasteiger partial charge is 0.442 e. The number of nitrogens with zero attached hydrogens (tertiary/aromatic N) is 4. The van der Waals surface area contributed by atoms with Gasteiger partial charge in [0.1, 0.15) is 5.60 Å². The molecule has 10 nitrogen and oxygen atoms in total. The molecule has 1 saturated carbocycles. The van der Waals surface area contributed by atoms with Crippen molar-refractivity contribution in [2.24, 2.45) is 5.92 Å². The molecule has 176 valence electrons. The van der Waals surface area contributed by atoms with Gasteiger partial charge in [-0.2, -0.15) is 0 Å². The van der Waals surface area contributed by atoms with E-state index in [9.17, 15) is 14.4 Å². The first-order valence-electron chi connectivity index (χ1n) is 10.2. The van der Waals surface area contributed by atoms with Gasteiger partial charge < -0.3 is 9.64 Å². The number of carbonyl (C=O) groups excluding carboxylic acids is 3. The molecule has 1 fully saturated rings. The number of halogens is 1. The molecule has 0 bridgehead atoms. The number of nitrogens with one attached hydrogen (secondary N) is 2. The van der Waals surface area contributed by atoms with Gasteiger partial charge in [-0.25, -0.2) is 19.8 Å². The third-order valence-electron chi connectivity index (χ3n) is 4.67. The van der Waals surface area contributed by atoms with Crippen molar-refractivity contribution in [1.82, 2.24) is 25.3 Å². The molecule has 0 radical (unpaired) electrons. The second-order valence-electron chi connectivity index (χ2n) is 8.72. The quantitative estimate of drug-likeness (QED) is 0.497. The molecule has 2 atom stereocenters. The van der Waals surface area contributed by atoms with Crippen LogP contribution in [-0.4, -0.2) is 68.5 Å². The Morgan fingerprint density at radius 1 is 1.19 bits per heavy atom. The maximum atomic E-state index is 12.9. The van der Waals surface area contributed by atoms with Crippen molar-refractivity contribution in [2.45, 2.75) is 58.1 Å². The molecule has 1 aliphatic rings. The predicted octanol–water partition coefficient (Wildman–Crippen LogP) is 2.78. The first kappa shape index (κ1) is 25.7. The van der Waals surface area contributed by atoms with Gasteiger partial charge in [0.25, 0.3) is 5.91 Å². The number of thiocarbonyl (C=S) groups is 1. The van der Waals surface area contributed by atoms with Crippen LogP contribution >= 0.6 is 23.8 Å². The van der Waals surface area contributed by atoms with E-state index in [2.05, 4.69) is 20.7 Å². The lowest BCUT2D eigenvalue weighted by Gasteiger charge is -2.38. The average Bonchev–Trinajstić information content (AvgIpc) is 2.71. The summed E-state index contributed by atoms with van der Waals surface area (Å²) < 4.78 is 5.51. The lowest BCUT2D eigenvalue weighted by molar-refractivity contribution is -0.134. The molecule has 0 aromatic carbocycles. The number of hydrogen-bond donors (Lipinski definition) is 2. The third-order valence-corrected chi connectivity index (χ3v) is 5.14. The zero-order valence-corrected chi connectivity index (χ0v) is 20.4. The van der Waals surface area contributed by atoms with Gasteiger partial charge >= 0.3 is 6.09 Å². The van der Waals surface area contributed by atoms with Crippen LogP contribution in [0.5, 0.6) is 0 Å². The Kier molecular flexibility index (Phi) is 8.73. The molecule has 2 rings (SSSR count). The zero-order valence-electron chi connectivity index (χ0n) is 18.8. The van der Waals surface area contributed by atoms with E-state index in [1.165, 1.54) is 17.4 Å². The van der Waals surface area contributed by atoms with Gasteiger partial charge in [0.05, 0.1) is 23.5 Å². The summed E-state index contributed by atoms with van der Waals surface area (Å²) in [6.07, 6.45) is 4.51. The molecular weight excluding hydrogens is 456 g/mol. The minimum Gasteiger partial charge on any atom is -0.442 e. The van der Waals surface area contributed by atoms with E-state index in [0.29, 0.717) is 17.9 Å². The highest BCUT2D eigenvalue weighted by molar-refractivity contribution is 7.82. The highest BCUT2D eigenvalue weighted by Gasteiger charge is 2.36. The molecule has 1 aromatic heterocycles. The number of ether oxygens (including phenoxy) is 1. The second-order valence-corrected chi connectivity index (χ2v) is 9.56. The predicted molar refractivity (Wildman–Crippen MR) is 124 cm³/mol. The highest BCUT2D eigenvalue weighted by atomic mass is 35.5. The number of hydrogen-bond acceptors (Lipinski definition) is 7. The molecule has 32 heavy (non-hydrogen) atoms. The maximum Gasteiger partial charge on any atom is 0.429 e. The van der Waals surface area contributed by atoms with Crippen LogP contribution in [0.4, 0.5) is 10.7 Å². The topological polar surface area (TPSA) is 117 Å². The Bertz CT molecular complexity index is 859. The SMILES string of the molecule is CN(C)C(=O)[C@H]1CCCC(N(NC(=S)C(=O)Nc2ncc(Cl)cn2)C(=O)OC(C)(C)C)C1. The van der Waals surface area contributed by atoms with Gasteiger partial charge in [0.2, 0.25) is 11.9 Å². The first-order chi connectivity index (χ1) is 14.9. The molecule has 2 N–H and O–H groups in total. The molecule has 1 aliphatic carbocycles. The average molecular weight is 485 g/mol. The van der Waals surface area contributed by atoms with E-state index in [1.54, 1.807) is 39.8 Å². The monoisotopic (exact) mass is 484 g/mol. The van der Waals surface area contributed by atoms with Crippen molar-refractivity contribution < 1.29 is 19.1 Å². The van der Waals surface area contributed by atoms with Crippen LogP contribution < -0.4 is 10.7 Å². The summed E-state index contributed by atoms with van der Waals surface area (Å²) in [6, 6.07) is -0.384. The minimum absolute atomic E-state index is 0.000884. The minimum atomic E-state index is -0.758. The lowest BCUT2D eigenvalue weighted by atomic mass is 9.84. The van der Waals surface area contributed by atoms with Crippen LogP contribution in [0.1, 0.15) is 46.5 Å². The van der Waals surface area contributed by atoms with Crippen molar-refractivity contribution >= 4 is 52.7 Å². The highest BCUT2D eigenvalue weighted by Crippen LogP contribution is 2.29. The van der Waals surface area contributed by atoms with E-state index in [0.717, 1.165) is 12.8 Å². The van der Waals surface area contributed by atoms with Crippen molar-refractivity contribution in [3.63, 3.8) is 0 Å². The first-order valence-corrected chi connectivity index (χ1v) is 11.0. The van der Waals surface area contributed by atoms with E-state index in [-0.39, 0.29) is 28.8 Å². The molecule has 1 heterocycles. The smallest absolute Gasteiger partial charge is 0.429 e. The van der Waals surface area contributed by atoms with Crippen LogP contribution in [0.2, 0.25) is 5.02 Å². The van der Waals surface area contributed by atoms with Crippen molar-refractivity contribution in [2.75, 3.05) is 19.4 Å². The number of carbonyl (C=O) groups is 3. The fourth-order valence-corrected chi connectivity index (χ4v) is 3.53. The molecule has 3 amide bonds. The van der Waals surface area contributed by atoms with Gasteiger partial charge in [-0.15, -0.1) is 0 Å². The number of amides is 3. The van der Waals surface area contributed by atoms with Gasteiger partial charge in [0, 0.05) is 20.0 Å². The van der Waals surface area contributed by atoms with Crippen LogP contribution in [0.15, 0.2) is 12.4 Å². The molecule has 1 aromatic rings. The Morgan fingerprint density at radius 3 is 2.38 bits per heavy atom. The molecule has 0 aliphatic heterocycles.